The van der Waals surface area contributed by atoms with Crippen LogP contribution in [-0.2, 0) is 26.1 Å². The van der Waals surface area contributed by atoms with Gasteiger partial charge in [0.1, 0.15) is 6.54 Å². The van der Waals surface area contributed by atoms with Gasteiger partial charge in [-0.1, -0.05) is 45.1 Å². The second-order valence-electron chi connectivity index (χ2n) is 8.77. The van der Waals surface area contributed by atoms with Gasteiger partial charge < -0.3 is 9.30 Å². The first-order chi connectivity index (χ1) is 17.1. The minimum atomic E-state index is -3.64. The number of esters is 1. The molecule has 0 saturated carbocycles. The zero-order valence-corrected chi connectivity index (χ0v) is 23.0. The summed E-state index contributed by atoms with van der Waals surface area (Å²) in [6.45, 7) is 8.87. The van der Waals surface area contributed by atoms with Gasteiger partial charge >= 0.3 is 5.97 Å². The van der Waals surface area contributed by atoms with Crippen molar-refractivity contribution >= 4 is 43.5 Å². The molecule has 10 heteroatoms. The molecule has 0 saturated heterocycles. The lowest BCUT2D eigenvalue weighted by Crippen LogP contribution is -2.32. The Balaban J connectivity index is 2.00. The number of hydrogen-bond donors (Lipinski definition) is 0. The molecule has 1 heterocycles. The van der Waals surface area contributed by atoms with Crippen LogP contribution >= 0.6 is 11.3 Å². The average molecular weight is 532 g/mol. The Kier molecular flexibility index (Phi) is 9.21. The maximum Gasteiger partial charge on any atom is 0.325 e. The first-order valence-corrected chi connectivity index (χ1v) is 14.3. The van der Waals surface area contributed by atoms with Crippen LogP contribution in [0.4, 0.5) is 0 Å². The molecule has 0 aliphatic heterocycles. The van der Waals surface area contributed by atoms with Crippen LogP contribution in [0.5, 0.6) is 0 Å². The van der Waals surface area contributed by atoms with Gasteiger partial charge in [0.25, 0.3) is 5.91 Å². The van der Waals surface area contributed by atoms with E-state index in [1.54, 1.807) is 4.57 Å². The van der Waals surface area contributed by atoms with Gasteiger partial charge in [0.2, 0.25) is 10.0 Å². The molecule has 1 aromatic heterocycles. The van der Waals surface area contributed by atoms with Gasteiger partial charge in [-0.2, -0.15) is 9.30 Å². The molecule has 3 rings (SSSR count). The van der Waals surface area contributed by atoms with Crippen molar-refractivity contribution in [1.29, 1.82) is 0 Å². The lowest BCUT2D eigenvalue weighted by atomic mass is 10.0. The lowest BCUT2D eigenvalue weighted by Gasteiger charge is -2.21. The number of nitrogens with zero attached hydrogens (tertiary/aromatic N) is 3. The fraction of sp³-hybridized carbons (Fsp3) is 0.423. The number of ether oxygens (including phenoxy) is 1. The monoisotopic (exact) mass is 531 g/mol. The number of carbonyl (C=O) groups is 2. The van der Waals surface area contributed by atoms with Crippen molar-refractivity contribution < 1.29 is 22.7 Å². The Morgan fingerprint density at radius 1 is 1.06 bits per heavy atom. The maximum atomic E-state index is 13.0. The Morgan fingerprint density at radius 2 is 1.69 bits per heavy atom. The van der Waals surface area contributed by atoms with Crippen molar-refractivity contribution in [3.63, 3.8) is 0 Å². The molecule has 0 bridgehead atoms. The van der Waals surface area contributed by atoms with Gasteiger partial charge in [-0.3, -0.25) is 9.59 Å². The normalized spacial score (nSPS) is 12.6. The Hall–Kier alpha value is -2.82. The molecule has 1 amide bonds. The second-order valence-corrected chi connectivity index (χ2v) is 11.7. The van der Waals surface area contributed by atoms with Crippen LogP contribution in [0.1, 0.15) is 62.4 Å². The van der Waals surface area contributed by atoms with Crippen molar-refractivity contribution in [3.8, 4) is 0 Å². The van der Waals surface area contributed by atoms with Gasteiger partial charge in [-0.25, -0.2) is 8.42 Å². The van der Waals surface area contributed by atoms with E-state index in [2.05, 4.69) is 18.8 Å². The summed E-state index contributed by atoms with van der Waals surface area (Å²) in [7, 11) is -2.33. The summed E-state index contributed by atoms with van der Waals surface area (Å²) in [5.41, 5.74) is 2.19. The highest BCUT2D eigenvalue weighted by molar-refractivity contribution is 7.89. The molecule has 3 aromatic rings. The van der Waals surface area contributed by atoms with E-state index < -0.39 is 21.9 Å². The van der Waals surface area contributed by atoms with Crippen molar-refractivity contribution in [3.05, 3.63) is 58.4 Å². The van der Waals surface area contributed by atoms with E-state index in [9.17, 15) is 18.0 Å². The largest absolute Gasteiger partial charge is 0.468 e. The zero-order chi connectivity index (χ0) is 26.5. The van der Waals surface area contributed by atoms with E-state index in [1.807, 2.05) is 32.0 Å². The molecule has 0 radical (unpaired) electrons. The summed E-state index contributed by atoms with van der Waals surface area (Å²) >= 11 is 1.32. The molecule has 0 unspecified atom stereocenters. The zero-order valence-electron chi connectivity index (χ0n) is 21.4. The van der Waals surface area contributed by atoms with Crippen LogP contribution < -0.4 is 4.80 Å². The number of thiazole rings is 1. The standard InChI is InChI=1S/C26H33N3O5S2/c1-6-14-28(15-7-2)36(32,33)21-11-8-19(9-12-21)25(31)27-26-29(17-24(30)34-5)22-13-10-20(18(3)4)16-23(22)35-26/h8-13,16,18H,6-7,14-15,17H2,1-5H3. The number of rotatable bonds is 10. The summed E-state index contributed by atoms with van der Waals surface area (Å²) in [6, 6.07) is 11.8. The van der Waals surface area contributed by atoms with Crippen LogP contribution in [0.2, 0.25) is 0 Å². The fourth-order valence-corrected chi connectivity index (χ4v) is 6.50. The number of carbonyl (C=O) groups excluding carboxylic acids is 2. The third-order valence-corrected chi connectivity index (χ3v) is 8.72. The molecule has 0 spiro atoms. The molecular weight excluding hydrogens is 498 g/mol. The Labute approximate surface area is 216 Å². The lowest BCUT2D eigenvalue weighted by molar-refractivity contribution is -0.141. The van der Waals surface area contributed by atoms with Crippen LogP contribution in [0, 0.1) is 0 Å². The number of fused-ring (bicyclic) bond motifs is 1. The number of aromatic nitrogens is 1. The van der Waals surface area contributed by atoms with Gasteiger partial charge in [0, 0.05) is 18.7 Å². The summed E-state index contributed by atoms with van der Waals surface area (Å²) < 4.78 is 34.9. The van der Waals surface area contributed by atoms with Crippen molar-refractivity contribution in [2.75, 3.05) is 20.2 Å². The fourth-order valence-electron chi connectivity index (χ4n) is 3.80. The van der Waals surface area contributed by atoms with Gasteiger partial charge in [-0.05, 0) is 60.7 Å². The highest BCUT2D eigenvalue weighted by Crippen LogP contribution is 2.24. The van der Waals surface area contributed by atoms with E-state index in [0.29, 0.717) is 36.7 Å². The first-order valence-electron chi connectivity index (χ1n) is 12.0. The van der Waals surface area contributed by atoms with E-state index in [4.69, 9.17) is 4.74 Å². The quantitative estimate of drug-likeness (QED) is 0.358. The van der Waals surface area contributed by atoms with Crippen LogP contribution in [0.25, 0.3) is 10.2 Å². The van der Waals surface area contributed by atoms with E-state index in [0.717, 1.165) is 15.8 Å². The van der Waals surface area contributed by atoms with Gasteiger partial charge in [-0.15, -0.1) is 0 Å². The number of hydrogen-bond acceptors (Lipinski definition) is 6. The predicted octanol–water partition coefficient (Wildman–Crippen LogP) is 4.55. The molecular formula is C26H33N3O5S2. The average Bonchev–Trinajstić information content (AvgIpc) is 3.19. The van der Waals surface area contributed by atoms with Crippen molar-refractivity contribution in [2.45, 2.75) is 57.9 Å². The van der Waals surface area contributed by atoms with Crippen LogP contribution in [0.3, 0.4) is 0 Å². The molecule has 0 N–H and O–H groups in total. The summed E-state index contributed by atoms with van der Waals surface area (Å²) in [5.74, 6) is -0.644. The Morgan fingerprint density at radius 3 is 2.25 bits per heavy atom. The molecule has 0 fully saturated rings. The van der Waals surface area contributed by atoms with Gasteiger partial charge in [0.15, 0.2) is 4.80 Å². The van der Waals surface area contributed by atoms with Gasteiger partial charge in [0.05, 0.1) is 22.2 Å². The minimum absolute atomic E-state index is 0.0779. The highest BCUT2D eigenvalue weighted by atomic mass is 32.2. The highest BCUT2D eigenvalue weighted by Gasteiger charge is 2.23. The van der Waals surface area contributed by atoms with Crippen LogP contribution in [-0.4, -0.2) is 49.4 Å². The topological polar surface area (TPSA) is 98.0 Å². The predicted molar refractivity (Wildman–Crippen MR) is 142 cm³/mol. The van der Waals surface area contributed by atoms with E-state index in [1.165, 1.54) is 47.0 Å². The molecule has 0 aliphatic rings. The number of sulfonamides is 1. The smallest absolute Gasteiger partial charge is 0.325 e. The molecule has 2 aromatic carbocycles. The summed E-state index contributed by atoms with van der Waals surface area (Å²) in [6.07, 6.45) is 1.43. The van der Waals surface area contributed by atoms with Crippen molar-refractivity contribution in [2.24, 2.45) is 4.99 Å². The summed E-state index contributed by atoms with van der Waals surface area (Å²) in [4.78, 5) is 29.9. The van der Waals surface area contributed by atoms with Crippen molar-refractivity contribution in [1.82, 2.24) is 8.87 Å². The van der Waals surface area contributed by atoms with E-state index in [-0.39, 0.29) is 17.0 Å². The minimum Gasteiger partial charge on any atom is -0.468 e. The molecule has 0 atom stereocenters. The number of benzene rings is 2. The third kappa shape index (κ3) is 6.11. The first kappa shape index (κ1) is 27.8. The second kappa shape index (κ2) is 11.9. The maximum absolute atomic E-state index is 13.0. The molecule has 194 valence electrons. The third-order valence-electron chi connectivity index (χ3n) is 5.77. The number of amides is 1. The molecule has 0 aliphatic carbocycles. The molecule has 36 heavy (non-hydrogen) atoms. The molecule has 8 nitrogen and oxygen atoms in total. The van der Waals surface area contributed by atoms with Crippen LogP contribution in [0.15, 0.2) is 52.4 Å². The number of methoxy groups -OCH3 is 1. The SMILES string of the molecule is CCCN(CCC)S(=O)(=O)c1ccc(C(=O)N=c2sc3cc(C(C)C)ccc3n2CC(=O)OC)cc1. The summed E-state index contributed by atoms with van der Waals surface area (Å²) in [5, 5.41) is 0. The van der Waals surface area contributed by atoms with E-state index >= 15 is 0 Å². The Bertz CT molecular complexity index is 1400.